The lowest BCUT2D eigenvalue weighted by atomic mass is 10.0. The first kappa shape index (κ1) is 24.9. The van der Waals surface area contributed by atoms with Crippen LogP contribution in [-0.2, 0) is 24.2 Å². The Morgan fingerprint density at radius 1 is 1.32 bits per heavy atom. The van der Waals surface area contributed by atoms with Crippen molar-refractivity contribution in [3.05, 3.63) is 11.0 Å². The zero-order valence-corrected chi connectivity index (χ0v) is 16.6. The normalized spacial score (nSPS) is 21.0. The fraction of sp³-hybridized carbons (Fsp3) is 0.615. The van der Waals surface area contributed by atoms with E-state index >= 15 is 0 Å². The highest BCUT2D eigenvalue weighted by Gasteiger charge is 2.38. The van der Waals surface area contributed by atoms with E-state index in [1.54, 1.807) is 0 Å². The third kappa shape index (κ3) is 7.34. The van der Waals surface area contributed by atoms with Gasteiger partial charge in [-0.05, 0) is 12.5 Å². The Hall–Kier alpha value is -1.17. The number of aliphatic hydroxyl groups excluding tert-OH is 4. The van der Waals surface area contributed by atoms with E-state index in [9.17, 15) is 33.3 Å². The third-order valence-electron chi connectivity index (χ3n) is 3.45. The van der Waals surface area contributed by atoms with Crippen molar-refractivity contribution in [2.45, 2.75) is 37.3 Å². The predicted octanol–water partition coefficient (Wildman–Crippen LogP) is -2.14. The molecular weight excluding hydrogens is 442 g/mol. The van der Waals surface area contributed by atoms with Crippen LogP contribution in [0.25, 0.3) is 0 Å². The number of amides is 1. The standard InChI is InChI=1S/C13H19NO11S3/c15-5-7(17)11(25-28(22,23)24)10(20)6(16)4-8-12(21)14(13(26)27-8)3-1-2-9(18)19/h4,6-7,10-11,15-17,20H,1-3,5H2,(H,18,19)(H,22,23,24)/b8-4-/t6-,7-,10-,11?/m1/s1. The number of hydrogen-bond acceptors (Lipinski definition) is 11. The summed E-state index contributed by atoms with van der Waals surface area (Å²) >= 11 is 5.76. The van der Waals surface area contributed by atoms with Gasteiger partial charge in [-0.2, -0.15) is 8.42 Å². The molecule has 0 aromatic rings. The van der Waals surface area contributed by atoms with Gasteiger partial charge in [0.15, 0.2) is 0 Å². The minimum Gasteiger partial charge on any atom is -0.481 e. The Labute approximate surface area is 169 Å². The monoisotopic (exact) mass is 461 g/mol. The summed E-state index contributed by atoms with van der Waals surface area (Å²) in [6, 6.07) is 0. The molecule has 1 unspecified atom stereocenters. The molecule has 0 saturated carbocycles. The van der Waals surface area contributed by atoms with Gasteiger partial charge < -0.3 is 25.5 Å². The van der Waals surface area contributed by atoms with E-state index in [4.69, 9.17) is 27.0 Å². The molecule has 28 heavy (non-hydrogen) atoms. The third-order valence-corrected chi connectivity index (χ3v) is 5.32. The average Bonchev–Trinajstić information content (AvgIpc) is 2.84. The molecule has 1 aliphatic heterocycles. The smallest absolute Gasteiger partial charge is 0.397 e. The Morgan fingerprint density at radius 2 is 1.93 bits per heavy atom. The van der Waals surface area contributed by atoms with Crippen molar-refractivity contribution in [2.75, 3.05) is 13.2 Å². The minimum atomic E-state index is -5.14. The van der Waals surface area contributed by atoms with Crippen LogP contribution in [0.5, 0.6) is 0 Å². The van der Waals surface area contributed by atoms with Crippen LogP contribution in [0.4, 0.5) is 0 Å². The number of thiocarbonyl (C=S) groups is 1. The Balaban J connectivity index is 2.91. The summed E-state index contributed by atoms with van der Waals surface area (Å²) < 4.78 is 34.5. The van der Waals surface area contributed by atoms with E-state index in [0.29, 0.717) is 0 Å². The van der Waals surface area contributed by atoms with Crippen molar-refractivity contribution in [1.82, 2.24) is 4.90 Å². The molecule has 1 fully saturated rings. The van der Waals surface area contributed by atoms with Crippen LogP contribution in [-0.4, -0.2) is 97.2 Å². The van der Waals surface area contributed by atoms with Crippen molar-refractivity contribution >= 4 is 50.6 Å². The van der Waals surface area contributed by atoms with E-state index in [1.807, 2.05) is 0 Å². The lowest BCUT2D eigenvalue weighted by molar-refractivity contribution is -0.137. The van der Waals surface area contributed by atoms with Crippen molar-refractivity contribution < 1.29 is 52.3 Å². The van der Waals surface area contributed by atoms with Crippen LogP contribution in [0, 0.1) is 0 Å². The molecule has 6 N–H and O–H groups in total. The number of rotatable bonds is 11. The van der Waals surface area contributed by atoms with Crippen LogP contribution in [0.1, 0.15) is 12.8 Å². The van der Waals surface area contributed by atoms with Crippen LogP contribution in [0.15, 0.2) is 11.0 Å². The maximum absolute atomic E-state index is 12.3. The number of aliphatic carboxylic acids is 1. The maximum atomic E-state index is 12.3. The Bertz CT molecular complexity index is 738. The number of aliphatic hydroxyl groups is 4. The Morgan fingerprint density at radius 3 is 2.43 bits per heavy atom. The van der Waals surface area contributed by atoms with Crippen LogP contribution in [0.3, 0.4) is 0 Å². The van der Waals surface area contributed by atoms with Crippen molar-refractivity contribution in [3.8, 4) is 0 Å². The highest BCUT2D eigenvalue weighted by atomic mass is 32.3. The molecule has 12 nitrogen and oxygen atoms in total. The summed E-state index contributed by atoms with van der Waals surface area (Å²) in [6.07, 6.45) is -7.43. The summed E-state index contributed by atoms with van der Waals surface area (Å²) in [4.78, 5) is 23.8. The van der Waals surface area contributed by atoms with Gasteiger partial charge in [0.2, 0.25) is 0 Å². The molecule has 0 aromatic heterocycles. The Kier molecular flexibility index (Phi) is 9.38. The molecule has 4 atom stereocenters. The van der Waals surface area contributed by atoms with Gasteiger partial charge in [-0.3, -0.25) is 19.0 Å². The first-order valence-electron chi connectivity index (χ1n) is 7.65. The van der Waals surface area contributed by atoms with Crippen LogP contribution in [0.2, 0.25) is 0 Å². The summed E-state index contributed by atoms with van der Waals surface area (Å²) in [6.45, 7) is -1.04. The average molecular weight is 461 g/mol. The van der Waals surface area contributed by atoms with Gasteiger partial charge in [-0.1, -0.05) is 24.0 Å². The molecule has 1 saturated heterocycles. The summed E-state index contributed by atoms with van der Waals surface area (Å²) in [7, 11) is -5.14. The maximum Gasteiger partial charge on any atom is 0.397 e. The van der Waals surface area contributed by atoms with Crippen molar-refractivity contribution in [3.63, 3.8) is 0 Å². The fourth-order valence-corrected chi connectivity index (χ4v) is 3.98. The van der Waals surface area contributed by atoms with Crippen LogP contribution >= 0.6 is 24.0 Å². The number of carbonyl (C=O) groups is 2. The van der Waals surface area contributed by atoms with Gasteiger partial charge in [-0.25, -0.2) is 4.18 Å². The molecular formula is C13H19NO11S3. The summed E-state index contributed by atoms with van der Waals surface area (Å²) in [5, 5.41) is 47.2. The van der Waals surface area contributed by atoms with Gasteiger partial charge in [0.05, 0.1) is 11.5 Å². The number of carboxylic acids is 1. The lowest BCUT2D eigenvalue weighted by Gasteiger charge is -2.27. The molecule has 15 heteroatoms. The van der Waals surface area contributed by atoms with Gasteiger partial charge >= 0.3 is 16.4 Å². The van der Waals surface area contributed by atoms with E-state index in [-0.39, 0.29) is 28.6 Å². The number of carboxylic acid groups (broad SMARTS) is 1. The topological polar surface area (TPSA) is 202 Å². The van der Waals surface area contributed by atoms with E-state index in [0.717, 1.165) is 22.7 Å². The summed E-state index contributed by atoms with van der Waals surface area (Å²) in [5.41, 5.74) is 0. The fourth-order valence-electron chi connectivity index (χ4n) is 2.14. The molecule has 0 aromatic carbocycles. The number of nitrogens with zero attached hydrogens (tertiary/aromatic N) is 1. The summed E-state index contributed by atoms with van der Waals surface area (Å²) in [5.74, 6) is -1.71. The molecule has 0 radical (unpaired) electrons. The van der Waals surface area contributed by atoms with Gasteiger partial charge in [0.1, 0.15) is 28.7 Å². The first-order valence-corrected chi connectivity index (χ1v) is 10.2. The molecule has 1 aliphatic rings. The molecule has 1 heterocycles. The van der Waals surface area contributed by atoms with Crippen LogP contribution < -0.4 is 0 Å². The molecule has 1 amide bonds. The predicted molar refractivity (Wildman–Crippen MR) is 98.4 cm³/mol. The highest BCUT2D eigenvalue weighted by Crippen LogP contribution is 2.32. The minimum absolute atomic E-state index is 0.0185. The lowest BCUT2D eigenvalue weighted by Crippen LogP contribution is -2.48. The quantitative estimate of drug-likeness (QED) is 0.111. The first-order chi connectivity index (χ1) is 12.9. The number of carbonyl (C=O) groups excluding carboxylic acids is 1. The van der Waals surface area contributed by atoms with E-state index < -0.39 is 53.3 Å². The van der Waals surface area contributed by atoms with E-state index in [1.165, 1.54) is 0 Å². The second kappa shape index (κ2) is 10.6. The SMILES string of the molecule is O=C(O)CCCN1C(=O)/C(=C/[C@@H](O)[C@@H](O)C(OS(=O)(=O)O)[C@H](O)CO)SC1=S. The number of hydrogen-bond donors (Lipinski definition) is 6. The molecule has 1 rings (SSSR count). The second-order valence-corrected chi connectivity index (χ2v) is 8.30. The van der Waals surface area contributed by atoms with Gasteiger partial charge in [-0.15, -0.1) is 0 Å². The zero-order valence-electron chi connectivity index (χ0n) is 14.1. The second-order valence-electron chi connectivity index (χ2n) is 5.57. The molecule has 0 aliphatic carbocycles. The number of thioether (sulfide) groups is 1. The zero-order chi connectivity index (χ0) is 21.6. The highest BCUT2D eigenvalue weighted by molar-refractivity contribution is 8.26. The van der Waals surface area contributed by atoms with Crippen molar-refractivity contribution in [2.24, 2.45) is 0 Å². The van der Waals surface area contributed by atoms with Gasteiger partial charge in [0, 0.05) is 13.0 Å². The van der Waals surface area contributed by atoms with E-state index in [2.05, 4.69) is 4.18 Å². The van der Waals surface area contributed by atoms with Crippen molar-refractivity contribution in [1.29, 1.82) is 0 Å². The molecule has 160 valence electrons. The molecule has 0 spiro atoms. The molecule has 0 bridgehead atoms. The van der Waals surface area contributed by atoms with Gasteiger partial charge in [0.25, 0.3) is 5.91 Å². The largest absolute Gasteiger partial charge is 0.481 e.